The number of para-hydroxylation sites is 1. The summed E-state index contributed by atoms with van der Waals surface area (Å²) in [5, 5.41) is 11.9. The Morgan fingerprint density at radius 2 is 1.69 bits per heavy atom. The van der Waals surface area contributed by atoms with Crippen molar-refractivity contribution in [2.24, 2.45) is 14.1 Å². The highest BCUT2D eigenvalue weighted by atomic mass is 16.2. The maximum absolute atomic E-state index is 13.8. The number of hydrogen-bond donors (Lipinski definition) is 1. The Labute approximate surface area is 208 Å². The van der Waals surface area contributed by atoms with Crippen LogP contribution in [0.1, 0.15) is 15.9 Å². The number of carbonyl (C=O) groups is 1. The van der Waals surface area contributed by atoms with Gasteiger partial charge in [-0.2, -0.15) is 5.10 Å². The normalized spacial score (nSPS) is 11.9. The zero-order chi connectivity index (χ0) is 25.1. The van der Waals surface area contributed by atoms with Gasteiger partial charge in [0.2, 0.25) is 0 Å². The van der Waals surface area contributed by atoms with E-state index in [-0.39, 0.29) is 5.91 Å². The molecule has 0 aliphatic rings. The molecule has 0 saturated heterocycles. The number of nitrogens with two attached hydrogens (primary N) is 1. The molecule has 0 bridgehead atoms. The number of anilines is 1. The maximum Gasteiger partial charge on any atom is 0.268 e. The highest BCUT2D eigenvalue weighted by Gasteiger charge is 2.21. The Morgan fingerprint density at radius 3 is 2.50 bits per heavy atom. The molecule has 0 aliphatic carbocycles. The minimum absolute atomic E-state index is 0.0907. The summed E-state index contributed by atoms with van der Waals surface area (Å²) in [7, 11) is 7.72. The largest absolute Gasteiger partial charge is 0.383 e. The molecule has 0 spiro atoms. The lowest BCUT2D eigenvalue weighted by Crippen LogP contribution is -2.41. The van der Waals surface area contributed by atoms with Gasteiger partial charge in [0.05, 0.1) is 29.2 Å². The van der Waals surface area contributed by atoms with Gasteiger partial charge in [0.15, 0.2) is 0 Å². The first-order valence-corrected chi connectivity index (χ1v) is 11.8. The summed E-state index contributed by atoms with van der Waals surface area (Å²) < 4.78 is 3.98. The van der Waals surface area contributed by atoms with E-state index in [1.54, 1.807) is 15.9 Å². The van der Waals surface area contributed by atoms with Gasteiger partial charge in [-0.3, -0.25) is 14.5 Å². The smallest absolute Gasteiger partial charge is 0.268 e. The molecule has 3 heterocycles. The standard InChI is InChI=1S/C28H27N7O/c1-32(2)35(16-17-9-12-25-20(13-17)19-7-5-6-8-24(19)33(25)3)28(36)18-10-11-23-21(14-18)26-22(27(29)31-23)15-30-34(26)4/h5-15H,16H2,1-4H3,(H2,29,31). The van der Waals surface area contributed by atoms with Crippen LogP contribution in [0.15, 0.2) is 66.9 Å². The van der Waals surface area contributed by atoms with Gasteiger partial charge >= 0.3 is 0 Å². The lowest BCUT2D eigenvalue weighted by Gasteiger charge is -2.29. The van der Waals surface area contributed by atoms with Crippen LogP contribution < -0.4 is 5.73 Å². The van der Waals surface area contributed by atoms with E-state index in [0.717, 1.165) is 27.4 Å². The molecule has 180 valence electrons. The Kier molecular flexibility index (Phi) is 4.94. The minimum atomic E-state index is -0.0907. The quantitative estimate of drug-likeness (QED) is 0.379. The predicted octanol–water partition coefficient (Wildman–Crippen LogP) is 4.47. The SMILES string of the molecule is CN(C)N(Cc1ccc2c(c1)c1ccccc1n2C)C(=O)c1ccc2nc(N)c3cnn(C)c3c2c1. The Hall–Kier alpha value is -4.43. The van der Waals surface area contributed by atoms with Crippen molar-refractivity contribution >= 4 is 55.3 Å². The van der Waals surface area contributed by atoms with Crippen LogP contribution in [0.25, 0.3) is 43.6 Å². The van der Waals surface area contributed by atoms with Gasteiger partial charge in [-0.1, -0.05) is 24.3 Å². The van der Waals surface area contributed by atoms with Crippen molar-refractivity contribution in [2.75, 3.05) is 19.8 Å². The van der Waals surface area contributed by atoms with Crippen LogP contribution in [-0.4, -0.2) is 49.4 Å². The van der Waals surface area contributed by atoms with E-state index >= 15 is 0 Å². The van der Waals surface area contributed by atoms with Gasteiger partial charge in [-0.25, -0.2) is 9.99 Å². The number of hydrazine groups is 1. The topological polar surface area (TPSA) is 85.2 Å². The van der Waals surface area contributed by atoms with E-state index in [1.807, 2.05) is 44.4 Å². The number of pyridine rings is 1. The van der Waals surface area contributed by atoms with Gasteiger partial charge in [-0.05, 0) is 42.0 Å². The average Bonchev–Trinajstić information content (AvgIpc) is 3.40. The molecule has 0 saturated carbocycles. The first-order valence-electron chi connectivity index (χ1n) is 11.8. The Bertz CT molecular complexity index is 1810. The molecule has 0 aliphatic heterocycles. The molecule has 8 heteroatoms. The fourth-order valence-electron chi connectivity index (χ4n) is 5.12. The summed E-state index contributed by atoms with van der Waals surface area (Å²) in [6, 6.07) is 20.4. The second-order valence-electron chi connectivity index (χ2n) is 9.40. The molecule has 6 aromatic rings. The number of hydrogen-bond acceptors (Lipinski definition) is 5. The van der Waals surface area contributed by atoms with Crippen molar-refractivity contribution in [1.29, 1.82) is 0 Å². The molecule has 3 aromatic carbocycles. The molecular weight excluding hydrogens is 450 g/mol. The molecule has 1 amide bonds. The number of aryl methyl sites for hydroxylation is 2. The van der Waals surface area contributed by atoms with Crippen LogP contribution in [-0.2, 0) is 20.6 Å². The van der Waals surface area contributed by atoms with Crippen molar-refractivity contribution < 1.29 is 4.79 Å². The number of fused-ring (bicyclic) bond motifs is 6. The first-order chi connectivity index (χ1) is 17.3. The molecule has 8 nitrogen and oxygen atoms in total. The zero-order valence-electron chi connectivity index (χ0n) is 20.7. The summed E-state index contributed by atoms with van der Waals surface area (Å²) >= 11 is 0. The minimum Gasteiger partial charge on any atom is -0.383 e. The van der Waals surface area contributed by atoms with Crippen molar-refractivity contribution in [2.45, 2.75) is 6.54 Å². The zero-order valence-corrected chi connectivity index (χ0v) is 20.7. The third kappa shape index (κ3) is 3.30. The molecule has 36 heavy (non-hydrogen) atoms. The van der Waals surface area contributed by atoms with Crippen LogP contribution in [0.2, 0.25) is 0 Å². The van der Waals surface area contributed by atoms with Crippen molar-refractivity contribution in [3.05, 3.63) is 78.0 Å². The van der Waals surface area contributed by atoms with E-state index < -0.39 is 0 Å². The van der Waals surface area contributed by atoms with Crippen molar-refractivity contribution in [3.63, 3.8) is 0 Å². The number of nitrogens with zero attached hydrogens (tertiary/aromatic N) is 6. The number of amides is 1. The van der Waals surface area contributed by atoms with Crippen molar-refractivity contribution in [3.8, 4) is 0 Å². The second-order valence-corrected chi connectivity index (χ2v) is 9.40. The van der Waals surface area contributed by atoms with Crippen LogP contribution in [0, 0.1) is 0 Å². The van der Waals surface area contributed by atoms with Crippen LogP contribution in [0.5, 0.6) is 0 Å². The van der Waals surface area contributed by atoms with E-state index in [1.165, 1.54) is 21.8 Å². The van der Waals surface area contributed by atoms with E-state index in [0.29, 0.717) is 17.9 Å². The van der Waals surface area contributed by atoms with Crippen molar-refractivity contribution in [1.82, 2.24) is 29.3 Å². The molecule has 0 atom stereocenters. The van der Waals surface area contributed by atoms with Gasteiger partial charge < -0.3 is 10.3 Å². The highest BCUT2D eigenvalue weighted by molar-refractivity contribution is 6.10. The number of rotatable bonds is 4. The summed E-state index contributed by atoms with van der Waals surface area (Å²) in [5.74, 6) is 0.343. The average molecular weight is 478 g/mol. The lowest BCUT2D eigenvalue weighted by molar-refractivity contribution is 0.0155. The second kappa shape index (κ2) is 8.07. The van der Waals surface area contributed by atoms with Gasteiger partial charge in [0.1, 0.15) is 5.82 Å². The number of benzene rings is 3. The molecule has 3 aromatic heterocycles. The molecule has 2 N–H and O–H groups in total. The monoisotopic (exact) mass is 477 g/mol. The summed E-state index contributed by atoms with van der Waals surface area (Å²) in [6.07, 6.45) is 1.71. The number of aromatic nitrogens is 4. The molecular formula is C28H27N7O. The number of carbonyl (C=O) groups excluding carboxylic acids is 1. The summed E-state index contributed by atoms with van der Waals surface area (Å²) in [6.45, 7) is 0.449. The predicted molar refractivity (Wildman–Crippen MR) is 144 cm³/mol. The van der Waals surface area contributed by atoms with Gasteiger partial charge in [-0.15, -0.1) is 0 Å². The van der Waals surface area contributed by atoms with E-state index in [9.17, 15) is 4.79 Å². The highest BCUT2D eigenvalue weighted by Crippen LogP contribution is 2.30. The van der Waals surface area contributed by atoms with Crippen LogP contribution in [0.3, 0.4) is 0 Å². The van der Waals surface area contributed by atoms with Gasteiger partial charge in [0.25, 0.3) is 5.91 Å². The summed E-state index contributed by atoms with van der Waals surface area (Å²) in [5.41, 5.74) is 11.7. The third-order valence-corrected chi connectivity index (χ3v) is 6.98. The molecule has 0 fully saturated rings. The van der Waals surface area contributed by atoms with Crippen LogP contribution >= 0.6 is 0 Å². The van der Waals surface area contributed by atoms with Gasteiger partial charge in [0, 0.05) is 60.9 Å². The molecule has 0 unspecified atom stereocenters. The molecule has 0 radical (unpaired) electrons. The Morgan fingerprint density at radius 1 is 0.917 bits per heavy atom. The Balaban J connectivity index is 1.40. The van der Waals surface area contributed by atoms with Crippen LogP contribution in [0.4, 0.5) is 5.82 Å². The van der Waals surface area contributed by atoms with E-state index in [4.69, 9.17) is 5.73 Å². The lowest BCUT2D eigenvalue weighted by atomic mass is 10.1. The third-order valence-electron chi connectivity index (χ3n) is 6.98. The summed E-state index contributed by atoms with van der Waals surface area (Å²) in [4.78, 5) is 18.3. The first kappa shape index (κ1) is 22.1. The maximum atomic E-state index is 13.8. The molecule has 6 rings (SSSR count). The fourth-order valence-corrected chi connectivity index (χ4v) is 5.12. The number of nitrogen functional groups attached to an aromatic ring is 1. The van der Waals surface area contributed by atoms with E-state index in [2.05, 4.69) is 64.2 Å². The fraction of sp³-hybridized carbons (Fsp3) is 0.179.